The molecule has 0 aliphatic carbocycles. The largest absolute Gasteiger partial charge is 0.487 e. The molecule has 3 aromatic carbocycles. The topological polar surface area (TPSA) is 62.7 Å². The van der Waals surface area contributed by atoms with Crippen LogP contribution in [-0.4, -0.2) is 18.7 Å². The Hall–Kier alpha value is -1.56. The van der Waals surface area contributed by atoms with Crippen LogP contribution in [0.5, 0.6) is 5.75 Å². The Bertz CT molecular complexity index is 1120. The lowest BCUT2D eigenvalue weighted by Gasteiger charge is -2.12. The number of amides is 1. The third kappa shape index (κ3) is 7.50. The van der Waals surface area contributed by atoms with Crippen LogP contribution in [0.4, 0.5) is 5.69 Å². The number of nitrogens with zero attached hydrogens (tertiary/aromatic N) is 1. The van der Waals surface area contributed by atoms with Crippen molar-refractivity contribution in [3.63, 3.8) is 0 Å². The highest BCUT2D eigenvalue weighted by Crippen LogP contribution is 2.30. The van der Waals surface area contributed by atoms with Crippen LogP contribution in [0.1, 0.15) is 16.7 Å². The molecule has 166 valence electrons. The molecule has 32 heavy (non-hydrogen) atoms. The zero-order valence-electron chi connectivity index (χ0n) is 17.0. The predicted octanol–water partition coefficient (Wildman–Crippen LogP) is 6.65. The zero-order chi connectivity index (χ0) is 23.1. The summed E-state index contributed by atoms with van der Waals surface area (Å²) >= 11 is 16.6. The van der Waals surface area contributed by atoms with E-state index in [1.807, 2.05) is 49.4 Å². The third-order valence-electron chi connectivity index (χ3n) is 4.32. The standard InChI is InChI=1S/C23H19Cl2I2N3O2/c1-14-2-6-18(7-3-14)28-12-22(31)30-29-11-15-8-20(26)23(21(27)9-15)32-13-16-4-5-17(24)10-19(16)25/h2-11,28H,12-13H2,1H3,(H,30,31)/b29-11-. The van der Waals surface area contributed by atoms with Gasteiger partial charge in [-0.15, -0.1) is 0 Å². The minimum Gasteiger partial charge on any atom is -0.487 e. The number of hydrogen-bond donors (Lipinski definition) is 2. The number of benzene rings is 3. The molecule has 0 atom stereocenters. The molecule has 0 radical (unpaired) electrons. The van der Waals surface area contributed by atoms with Gasteiger partial charge in [-0.3, -0.25) is 4.79 Å². The monoisotopic (exact) mass is 693 g/mol. The molecule has 0 aliphatic rings. The van der Waals surface area contributed by atoms with Crippen molar-refractivity contribution in [2.24, 2.45) is 5.10 Å². The van der Waals surface area contributed by atoms with E-state index in [2.05, 4.69) is 61.0 Å². The second kappa shape index (κ2) is 12.1. The maximum Gasteiger partial charge on any atom is 0.259 e. The summed E-state index contributed by atoms with van der Waals surface area (Å²) in [5.41, 5.74) is 6.29. The molecule has 3 rings (SSSR count). The predicted molar refractivity (Wildman–Crippen MR) is 148 cm³/mol. The molecule has 3 aromatic rings. The van der Waals surface area contributed by atoms with Gasteiger partial charge in [0.05, 0.1) is 19.9 Å². The van der Waals surface area contributed by atoms with Crippen molar-refractivity contribution in [1.82, 2.24) is 5.43 Å². The fraction of sp³-hybridized carbons (Fsp3) is 0.130. The molecule has 0 spiro atoms. The molecule has 1 amide bonds. The van der Waals surface area contributed by atoms with E-state index >= 15 is 0 Å². The Morgan fingerprint density at radius 3 is 2.41 bits per heavy atom. The van der Waals surface area contributed by atoms with Crippen molar-refractivity contribution >= 4 is 86.2 Å². The second-order valence-electron chi connectivity index (χ2n) is 6.85. The number of hydrazone groups is 1. The smallest absolute Gasteiger partial charge is 0.259 e. The molecule has 5 nitrogen and oxygen atoms in total. The van der Waals surface area contributed by atoms with E-state index in [0.717, 1.165) is 29.7 Å². The molecule has 2 N–H and O–H groups in total. The van der Waals surface area contributed by atoms with Crippen molar-refractivity contribution in [2.45, 2.75) is 13.5 Å². The number of anilines is 1. The Morgan fingerprint density at radius 2 is 1.75 bits per heavy atom. The quantitative estimate of drug-likeness (QED) is 0.158. The number of ether oxygens (including phenoxy) is 1. The summed E-state index contributed by atoms with van der Waals surface area (Å²) in [5.74, 6) is 0.534. The zero-order valence-corrected chi connectivity index (χ0v) is 22.8. The van der Waals surface area contributed by atoms with Gasteiger partial charge in [-0.05, 0) is 94.1 Å². The SMILES string of the molecule is Cc1ccc(NCC(=O)N/N=C\c2cc(I)c(OCc3ccc(Cl)cc3Cl)c(I)c2)cc1. The average molecular weight is 694 g/mol. The Morgan fingerprint density at radius 1 is 1.06 bits per heavy atom. The fourth-order valence-corrected chi connectivity index (χ4v) is 5.24. The van der Waals surface area contributed by atoms with Gasteiger partial charge in [0.15, 0.2) is 0 Å². The van der Waals surface area contributed by atoms with Crippen LogP contribution in [0.3, 0.4) is 0 Å². The molecule has 0 aliphatic heterocycles. The summed E-state index contributed by atoms with van der Waals surface area (Å²) in [6.07, 6.45) is 1.61. The van der Waals surface area contributed by atoms with Gasteiger partial charge in [-0.25, -0.2) is 5.43 Å². The first-order chi connectivity index (χ1) is 15.3. The summed E-state index contributed by atoms with van der Waals surface area (Å²) in [5, 5.41) is 8.27. The second-order valence-corrected chi connectivity index (χ2v) is 10.0. The Balaban J connectivity index is 1.55. The lowest BCUT2D eigenvalue weighted by atomic mass is 10.2. The average Bonchev–Trinajstić information content (AvgIpc) is 2.74. The molecule has 0 saturated carbocycles. The van der Waals surface area contributed by atoms with E-state index < -0.39 is 0 Å². The maximum absolute atomic E-state index is 12.0. The number of nitrogens with one attached hydrogen (secondary N) is 2. The van der Waals surface area contributed by atoms with Gasteiger partial charge in [0, 0.05) is 21.3 Å². The summed E-state index contributed by atoms with van der Waals surface area (Å²) in [4.78, 5) is 12.0. The molecule has 0 heterocycles. The van der Waals surface area contributed by atoms with E-state index in [-0.39, 0.29) is 12.5 Å². The van der Waals surface area contributed by atoms with Crippen molar-refractivity contribution in [3.05, 3.63) is 88.5 Å². The summed E-state index contributed by atoms with van der Waals surface area (Å²) in [7, 11) is 0. The van der Waals surface area contributed by atoms with Gasteiger partial charge in [0.25, 0.3) is 5.91 Å². The van der Waals surface area contributed by atoms with Crippen molar-refractivity contribution in [1.29, 1.82) is 0 Å². The lowest BCUT2D eigenvalue weighted by molar-refractivity contribution is -0.119. The number of halogens is 4. The van der Waals surface area contributed by atoms with Crippen LogP contribution in [0.25, 0.3) is 0 Å². The number of aryl methyl sites for hydroxylation is 1. The van der Waals surface area contributed by atoms with Crippen LogP contribution in [-0.2, 0) is 11.4 Å². The molecule has 0 unspecified atom stereocenters. The van der Waals surface area contributed by atoms with Crippen LogP contribution in [0, 0.1) is 14.1 Å². The highest BCUT2D eigenvalue weighted by molar-refractivity contribution is 14.1. The van der Waals surface area contributed by atoms with Gasteiger partial charge in [0.2, 0.25) is 0 Å². The number of carbonyl (C=O) groups excluding carboxylic acids is 1. The van der Waals surface area contributed by atoms with E-state index in [4.69, 9.17) is 27.9 Å². The highest BCUT2D eigenvalue weighted by atomic mass is 127. The normalized spacial score (nSPS) is 10.9. The number of hydrogen-bond acceptors (Lipinski definition) is 4. The van der Waals surface area contributed by atoms with Gasteiger partial charge >= 0.3 is 0 Å². The molecule has 0 bridgehead atoms. The van der Waals surface area contributed by atoms with Gasteiger partial charge in [0.1, 0.15) is 12.4 Å². The molecule has 0 saturated heterocycles. The van der Waals surface area contributed by atoms with Crippen molar-refractivity contribution in [3.8, 4) is 5.75 Å². The lowest BCUT2D eigenvalue weighted by Crippen LogP contribution is -2.25. The van der Waals surface area contributed by atoms with Crippen molar-refractivity contribution in [2.75, 3.05) is 11.9 Å². The first kappa shape index (κ1) is 25.1. The highest BCUT2D eigenvalue weighted by Gasteiger charge is 2.10. The minimum atomic E-state index is -0.231. The van der Waals surface area contributed by atoms with Gasteiger partial charge in [-0.2, -0.15) is 5.10 Å². The van der Waals surface area contributed by atoms with Crippen LogP contribution >= 0.6 is 68.4 Å². The van der Waals surface area contributed by atoms with Crippen molar-refractivity contribution < 1.29 is 9.53 Å². The van der Waals surface area contributed by atoms with E-state index in [9.17, 15) is 4.79 Å². The maximum atomic E-state index is 12.0. The molecular formula is C23H19Cl2I2N3O2. The number of carbonyl (C=O) groups is 1. The van der Waals surface area contributed by atoms with Gasteiger partial charge < -0.3 is 10.1 Å². The minimum absolute atomic E-state index is 0.134. The Kier molecular flexibility index (Phi) is 9.45. The van der Waals surface area contributed by atoms with Gasteiger partial charge in [-0.1, -0.05) is 47.0 Å². The Labute approximate surface area is 224 Å². The molecular weight excluding hydrogens is 675 g/mol. The first-order valence-electron chi connectivity index (χ1n) is 9.50. The van der Waals surface area contributed by atoms with E-state index in [1.54, 1.807) is 18.3 Å². The first-order valence-corrected chi connectivity index (χ1v) is 12.4. The molecule has 9 heteroatoms. The van der Waals surface area contributed by atoms with Crippen LogP contribution in [0.2, 0.25) is 10.0 Å². The molecule has 0 aromatic heterocycles. The third-order valence-corrected chi connectivity index (χ3v) is 6.50. The van der Waals surface area contributed by atoms with Crippen LogP contribution < -0.4 is 15.5 Å². The fourth-order valence-electron chi connectivity index (χ4n) is 2.65. The molecule has 0 fully saturated rings. The van der Waals surface area contributed by atoms with E-state index in [0.29, 0.717) is 16.7 Å². The van der Waals surface area contributed by atoms with E-state index in [1.165, 1.54) is 5.56 Å². The summed E-state index contributed by atoms with van der Waals surface area (Å²) in [6, 6.07) is 17.0. The van der Waals surface area contributed by atoms with Crippen LogP contribution in [0.15, 0.2) is 59.7 Å². The summed E-state index contributed by atoms with van der Waals surface area (Å²) < 4.78 is 7.84. The number of rotatable bonds is 8. The summed E-state index contributed by atoms with van der Waals surface area (Å²) in [6.45, 7) is 2.48.